The molecule has 2 N–H and O–H groups in total. The Morgan fingerprint density at radius 1 is 1.53 bits per heavy atom. The molecule has 0 saturated carbocycles. The van der Waals surface area contributed by atoms with Crippen LogP contribution in [0.5, 0.6) is 0 Å². The van der Waals surface area contributed by atoms with E-state index in [0.29, 0.717) is 18.0 Å². The molecule has 0 aromatic carbocycles. The first-order valence-corrected chi connectivity index (χ1v) is 6.67. The van der Waals surface area contributed by atoms with Crippen LogP contribution >= 0.6 is 0 Å². The van der Waals surface area contributed by atoms with Crippen LogP contribution in [0.2, 0.25) is 0 Å². The maximum Gasteiger partial charge on any atom is 0.303 e. The fourth-order valence-electron chi connectivity index (χ4n) is 2.47. The van der Waals surface area contributed by atoms with Gasteiger partial charge in [-0.2, -0.15) is 0 Å². The lowest BCUT2D eigenvalue weighted by atomic mass is 10.1. The second-order valence-corrected chi connectivity index (χ2v) is 5.64. The number of nitrogens with zero attached hydrogens (tertiary/aromatic N) is 1. The second kappa shape index (κ2) is 6.97. The number of aliphatic carboxylic acids is 1. The average molecular weight is 242 g/mol. The topological polar surface area (TPSA) is 52.6 Å². The summed E-state index contributed by atoms with van der Waals surface area (Å²) in [4.78, 5) is 13.1. The van der Waals surface area contributed by atoms with Gasteiger partial charge in [0.25, 0.3) is 0 Å². The van der Waals surface area contributed by atoms with Gasteiger partial charge in [-0.25, -0.2) is 0 Å². The molecule has 1 rings (SSSR count). The summed E-state index contributed by atoms with van der Waals surface area (Å²) in [6, 6.07) is 0.813. The predicted octanol–water partition coefficient (Wildman–Crippen LogP) is 1.56. The normalized spacial score (nSPS) is 27.1. The van der Waals surface area contributed by atoms with Crippen LogP contribution in [0.15, 0.2) is 0 Å². The molecule has 2 atom stereocenters. The SMILES string of the molecule is CC(C)CN1CCC(C)NC(CCC(=O)O)C1. The summed E-state index contributed by atoms with van der Waals surface area (Å²) >= 11 is 0. The Labute approximate surface area is 104 Å². The highest BCUT2D eigenvalue weighted by Gasteiger charge is 2.22. The van der Waals surface area contributed by atoms with E-state index in [-0.39, 0.29) is 6.42 Å². The molecule has 0 radical (unpaired) electrons. The molecule has 0 amide bonds. The molecule has 0 aromatic rings. The van der Waals surface area contributed by atoms with Gasteiger partial charge in [-0.3, -0.25) is 4.79 Å². The third-order valence-electron chi connectivity index (χ3n) is 3.21. The monoisotopic (exact) mass is 242 g/mol. The molecule has 1 heterocycles. The molecule has 4 nitrogen and oxygen atoms in total. The molecule has 100 valence electrons. The van der Waals surface area contributed by atoms with Crippen molar-refractivity contribution in [1.82, 2.24) is 10.2 Å². The van der Waals surface area contributed by atoms with Crippen molar-refractivity contribution in [3.05, 3.63) is 0 Å². The molecular formula is C13H26N2O2. The molecule has 1 saturated heterocycles. The Morgan fingerprint density at radius 2 is 2.24 bits per heavy atom. The van der Waals surface area contributed by atoms with Gasteiger partial charge in [-0.15, -0.1) is 0 Å². The van der Waals surface area contributed by atoms with Gasteiger partial charge in [0, 0.05) is 31.6 Å². The predicted molar refractivity (Wildman–Crippen MR) is 69.2 cm³/mol. The summed E-state index contributed by atoms with van der Waals surface area (Å²) < 4.78 is 0. The third kappa shape index (κ3) is 6.03. The van der Waals surface area contributed by atoms with E-state index in [1.165, 1.54) is 0 Å². The Bertz CT molecular complexity index is 244. The van der Waals surface area contributed by atoms with Crippen molar-refractivity contribution >= 4 is 5.97 Å². The number of rotatable bonds is 5. The Kier molecular flexibility index (Phi) is 5.92. The van der Waals surface area contributed by atoms with Gasteiger partial charge in [0.15, 0.2) is 0 Å². The summed E-state index contributed by atoms with van der Waals surface area (Å²) in [6.45, 7) is 9.86. The number of hydrogen-bond donors (Lipinski definition) is 2. The number of hydrogen-bond acceptors (Lipinski definition) is 3. The smallest absolute Gasteiger partial charge is 0.303 e. The highest BCUT2D eigenvalue weighted by atomic mass is 16.4. The van der Waals surface area contributed by atoms with Crippen molar-refractivity contribution < 1.29 is 9.90 Å². The highest BCUT2D eigenvalue weighted by Crippen LogP contribution is 2.11. The van der Waals surface area contributed by atoms with Crippen LogP contribution in [0.1, 0.15) is 40.0 Å². The number of carboxylic acid groups (broad SMARTS) is 1. The highest BCUT2D eigenvalue weighted by molar-refractivity contribution is 5.66. The minimum Gasteiger partial charge on any atom is -0.481 e. The molecule has 1 aliphatic heterocycles. The molecule has 2 unspecified atom stereocenters. The Hall–Kier alpha value is -0.610. The average Bonchev–Trinajstić information content (AvgIpc) is 2.37. The molecule has 1 aliphatic rings. The van der Waals surface area contributed by atoms with Gasteiger partial charge in [0.1, 0.15) is 0 Å². The fourth-order valence-corrected chi connectivity index (χ4v) is 2.47. The Balaban J connectivity index is 2.46. The summed E-state index contributed by atoms with van der Waals surface area (Å²) in [5.74, 6) is -0.0253. The summed E-state index contributed by atoms with van der Waals surface area (Å²) in [7, 11) is 0. The van der Waals surface area contributed by atoms with Crippen LogP contribution in [0.25, 0.3) is 0 Å². The molecule has 1 fully saturated rings. The molecule has 0 bridgehead atoms. The van der Waals surface area contributed by atoms with Crippen molar-refractivity contribution in [2.24, 2.45) is 5.92 Å². The molecule has 0 aliphatic carbocycles. The summed E-state index contributed by atoms with van der Waals surface area (Å²) in [6.07, 6.45) is 2.14. The second-order valence-electron chi connectivity index (χ2n) is 5.64. The van der Waals surface area contributed by atoms with E-state index in [1.807, 2.05) is 0 Å². The number of carboxylic acids is 1. The zero-order valence-corrected chi connectivity index (χ0v) is 11.3. The van der Waals surface area contributed by atoms with Crippen molar-refractivity contribution in [3.63, 3.8) is 0 Å². The lowest BCUT2D eigenvalue weighted by molar-refractivity contribution is -0.137. The standard InChI is InChI=1S/C13H26N2O2/c1-10(2)8-15-7-6-11(3)14-12(9-15)4-5-13(16)17/h10-12,14H,4-9H2,1-3H3,(H,16,17). The first-order chi connectivity index (χ1) is 7.97. The minimum atomic E-state index is -0.695. The number of carbonyl (C=O) groups is 1. The van der Waals surface area contributed by atoms with E-state index >= 15 is 0 Å². The van der Waals surface area contributed by atoms with Gasteiger partial charge in [0.2, 0.25) is 0 Å². The van der Waals surface area contributed by atoms with Gasteiger partial charge in [-0.05, 0) is 32.2 Å². The summed E-state index contributed by atoms with van der Waals surface area (Å²) in [5.41, 5.74) is 0. The summed E-state index contributed by atoms with van der Waals surface area (Å²) in [5, 5.41) is 12.3. The van der Waals surface area contributed by atoms with Crippen LogP contribution < -0.4 is 5.32 Å². The third-order valence-corrected chi connectivity index (χ3v) is 3.21. The van der Waals surface area contributed by atoms with Crippen LogP contribution in [0.3, 0.4) is 0 Å². The van der Waals surface area contributed by atoms with E-state index < -0.39 is 5.97 Å². The zero-order chi connectivity index (χ0) is 12.8. The Morgan fingerprint density at radius 3 is 2.82 bits per heavy atom. The maximum absolute atomic E-state index is 10.6. The van der Waals surface area contributed by atoms with E-state index in [9.17, 15) is 4.79 Å². The van der Waals surface area contributed by atoms with Crippen LogP contribution in [-0.2, 0) is 4.79 Å². The van der Waals surface area contributed by atoms with E-state index in [1.54, 1.807) is 0 Å². The first kappa shape index (κ1) is 14.5. The van der Waals surface area contributed by atoms with Gasteiger partial charge < -0.3 is 15.3 Å². The van der Waals surface area contributed by atoms with Crippen molar-refractivity contribution in [3.8, 4) is 0 Å². The molecule has 0 aromatic heterocycles. The van der Waals surface area contributed by atoms with Crippen LogP contribution in [0, 0.1) is 5.92 Å². The molecule has 4 heteroatoms. The first-order valence-electron chi connectivity index (χ1n) is 6.67. The number of nitrogens with one attached hydrogen (secondary N) is 1. The van der Waals surface area contributed by atoms with E-state index in [2.05, 4.69) is 31.0 Å². The minimum absolute atomic E-state index is 0.264. The van der Waals surface area contributed by atoms with E-state index in [4.69, 9.17) is 5.11 Å². The van der Waals surface area contributed by atoms with Crippen molar-refractivity contribution in [2.75, 3.05) is 19.6 Å². The van der Waals surface area contributed by atoms with Gasteiger partial charge >= 0.3 is 5.97 Å². The fraction of sp³-hybridized carbons (Fsp3) is 0.923. The van der Waals surface area contributed by atoms with Gasteiger partial charge in [-0.1, -0.05) is 13.8 Å². The van der Waals surface area contributed by atoms with Crippen molar-refractivity contribution in [1.29, 1.82) is 0 Å². The van der Waals surface area contributed by atoms with E-state index in [0.717, 1.165) is 32.5 Å². The lowest BCUT2D eigenvalue weighted by Gasteiger charge is -2.25. The van der Waals surface area contributed by atoms with Crippen LogP contribution in [0.4, 0.5) is 0 Å². The zero-order valence-electron chi connectivity index (χ0n) is 11.3. The molecule has 0 spiro atoms. The molecule has 17 heavy (non-hydrogen) atoms. The van der Waals surface area contributed by atoms with Gasteiger partial charge in [0.05, 0.1) is 0 Å². The lowest BCUT2D eigenvalue weighted by Crippen LogP contribution is -2.41. The maximum atomic E-state index is 10.6. The quantitative estimate of drug-likeness (QED) is 0.768. The largest absolute Gasteiger partial charge is 0.481 e. The van der Waals surface area contributed by atoms with Crippen molar-refractivity contribution in [2.45, 2.75) is 52.1 Å². The van der Waals surface area contributed by atoms with Crippen LogP contribution in [-0.4, -0.2) is 47.7 Å². The molecular weight excluding hydrogens is 216 g/mol.